The summed E-state index contributed by atoms with van der Waals surface area (Å²) in [6.07, 6.45) is 25.4. The first kappa shape index (κ1) is 22.5. The highest BCUT2D eigenvalue weighted by Crippen LogP contribution is 2.13. The van der Waals surface area contributed by atoms with Crippen molar-refractivity contribution in [2.45, 2.75) is 103 Å². The standard InChI is InChI=1S/C21H43NO/c1-3-4-5-6-7-8-9-10-11-12-13-14-15-16-17-18-19-22(2)20-21-23/h18-19,23H,3-17,20-21H2,1-2H3. The lowest BCUT2D eigenvalue weighted by Gasteiger charge is -2.10. The molecule has 0 rings (SSSR count). The van der Waals surface area contributed by atoms with Crippen LogP contribution in [0, 0.1) is 0 Å². The van der Waals surface area contributed by atoms with Crippen LogP contribution in [0.4, 0.5) is 0 Å². The molecule has 0 aromatic carbocycles. The minimum Gasteiger partial charge on any atom is -0.395 e. The van der Waals surface area contributed by atoms with Crippen molar-refractivity contribution < 1.29 is 5.11 Å². The first-order valence-corrected chi connectivity index (χ1v) is 10.3. The first-order valence-electron chi connectivity index (χ1n) is 10.3. The number of aliphatic hydroxyl groups is 1. The van der Waals surface area contributed by atoms with Crippen molar-refractivity contribution >= 4 is 0 Å². The molecule has 0 aliphatic heterocycles. The Morgan fingerprint density at radius 3 is 1.57 bits per heavy atom. The summed E-state index contributed by atoms with van der Waals surface area (Å²) in [7, 11) is 2.01. The van der Waals surface area contributed by atoms with Gasteiger partial charge in [0.15, 0.2) is 0 Å². The molecule has 0 amide bonds. The van der Waals surface area contributed by atoms with Crippen LogP contribution in [-0.4, -0.2) is 30.2 Å². The highest BCUT2D eigenvalue weighted by molar-refractivity contribution is 4.80. The van der Waals surface area contributed by atoms with Crippen LogP contribution in [0.1, 0.15) is 103 Å². The van der Waals surface area contributed by atoms with Crippen molar-refractivity contribution in [3.8, 4) is 0 Å². The van der Waals surface area contributed by atoms with Gasteiger partial charge in [-0.1, -0.05) is 96.5 Å². The summed E-state index contributed by atoms with van der Waals surface area (Å²) in [5.74, 6) is 0. The van der Waals surface area contributed by atoms with Crippen molar-refractivity contribution in [1.29, 1.82) is 0 Å². The quantitative estimate of drug-likeness (QED) is 0.299. The van der Waals surface area contributed by atoms with E-state index in [2.05, 4.69) is 19.2 Å². The van der Waals surface area contributed by atoms with E-state index < -0.39 is 0 Å². The zero-order valence-corrected chi connectivity index (χ0v) is 16.1. The van der Waals surface area contributed by atoms with Gasteiger partial charge in [0, 0.05) is 13.6 Å². The van der Waals surface area contributed by atoms with Gasteiger partial charge in [-0.15, -0.1) is 0 Å². The number of hydrogen-bond donors (Lipinski definition) is 1. The average Bonchev–Trinajstić information content (AvgIpc) is 2.54. The van der Waals surface area contributed by atoms with Gasteiger partial charge in [-0.3, -0.25) is 0 Å². The highest BCUT2D eigenvalue weighted by Gasteiger charge is 1.94. The molecule has 0 saturated carbocycles. The van der Waals surface area contributed by atoms with Crippen LogP contribution in [0.15, 0.2) is 12.3 Å². The third kappa shape index (κ3) is 19.5. The Balaban J connectivity index is 3.08. The third-order valence-corrected chi connectivity index (χ3v) is 4.54. The Kier molecular flexibility index (Phi) is 19.1. The molecule has 0 aromatic heterocycles. The molecule has 0 saturated heterocycles. The highest BCUT2D eigenvalue weighted by atomic mass is 16.3. The van der Waals surface area contributed by atoms with Crippen molar-refractivity contribution in [3.63, 3.8) is 0 Å². The van der Waals surface area contributed by atoms with Crippen LogP contribution in [-0.2, 0) is 0 Å². The Bertz CT molecular complexity index is 240. The molecule has 0 atom stereocenters. The lowest BCUT2D eigenvalue weighted by Crippen LogP contribution is -2.14. The largest absolute Gasteiger partial charge is 0.395 e. The molecule has 23 heavy (non-hydrogen) atoms. The van der Waals surface area contributed by atoms with Crippen LogP contribution in [0.25, 0.3) is 0 Å². The van der Waals surface area contributed by atoms with Gasteiger partial charge in [-0.25, -0.2) is 0 Å². The Morgan fingerprint density at radius 1 is 0.696 bits per heavy atom. The summed E-state index contributed by atoms with van der Waals surface area (Å²) in [5.41, 5.74) is 0. The summed E-state index contributed by atoms with van der Waals surface area (Å²) in [5, 5.41) is 8.80. The second-order valence-corrected chi connectivity index (χ2v) is 6.97. The van der Waals surface area contributed by atoms with Gasteiger partial charge in [0.1, 0.15) is 0 Å². The zero-order chi connectivity index (χ0) is 17.0. The van der Waals surface area contributed by atoms with Crippen molar-refractivity contribution in [2.24, 2.45) is 0 Å². The van der Waals surface area contributed by atoms with Gasteiger partial charge in [-0.2, -0.15) is 0 Å². The topological polar surface area (TPSA) is 23.5 Å². The number of hydrogen-bond acceptors (Lipinski definition) is 2. The smallest absolute Gasteiger partial charge is 0.0606 e. The van der Waals surface area contributed by atoms with E-state index in [1.807, 2.05) is 11.9 Å². The van der Waals surface area contributed by atoms with Gasteiger partial charge in [-0.05, 0) is 19.0 Å². The number of unbranched alkanes of at least 4 members (excludes halogenated alkanes) is 14. The van der Waals surface area contributed by atoms with Crippen molar-refractivity contribution in [3.05, 3.63) is 12.3 Å². The molecule has 2 nitrogen and oxygen atoms in total. The molecule has 0 aliphatic rings. The Morgan fingerprint density at radius 2 is 1.13 bits per heavy atom. The van der Waals surface area contributed by atoms with Gasteiger partial charge < -0.3 is 10.0 Å². The maximum atomic E-state index is 8.80. The van der Waals surface area contributed by atoms with Crippen molar-refractivity contribution in [1.82, 2.24) is 4.90 Å². The van der Waals surface area contributed by atoms with E-state index in [1.165, 1.54) is 96.3 Å². The van der Waals surface area contributed by atoms with Crippen LogP contribution in [0.5, 0.6) is 0 Å². The monoisotopic (exact) mass is 325 g/mol. The number of nitrogens with zero attached hydrogens (tertiary/aromatic N) is 1. The molecule has 0 aromatic rings. The van der Waals surface area contributed by atoms with Crippen LogP contribution >= 0.6 is 0 Å². The average molecular weight is 326 g/mol. The van der Waals surface area contributed by atoms with E-state index in [9.17, 15) is 0 Å². The van der Waals surface area contributed by atoms with E-state index in [1.54, 1.807) is 0 Å². The number of rotatable bonds is 18. The molecule has 0 spiro atoms. The molecule has 0 bridgehead atoms. The summed E-state index contributed by atoms with van der Waals surface area (Å²) in [4.78, 5) is 2.05. The first-order chi connectivity index (χ1) is 11.3. The molecular formula is C21H43NO. The minimum absolute atomic E-state index is 0.236. The fourth-order valence-electron chi connectivity index (χ4n) is 2.94. The third-order valence-electron chi connectivity index (χ3n) is 4.54. The molecule has 138 valence electrons. The summed E-state index contributed by atoms with van der Waals surface area (Å²) in [6, 6.07) is 0. The number of allylic oxidation sites excluding steroid dienone is 1. The van der Waals surface area contributed by atoms with E-state index in [0.717, 1.165) is 6.54 Å². The van der Waals surface area contributed by atoms with Crippen LogP contribution in [0.3, 0.4) is 0 Å². The second-order valence-electron chi connectivity index (χ2n) is 6.97. The van der Waals surface area contributed by atoms with Gasteiger partial charge in [0.05, 0.1) is 6.61 Å². The van der Waals surface area contributed by atoms with E-state index in [4.69, 9.17) is 5.11 Å². The van der Waals surface area contributed by atoms with Gasteiger partial charge >= 0.3 is 0 Å². The zero-order valence-electron chi connectivity index (χ0n) is 16.1. The lowest BCUT2D eigenvalue weighted by molar-refractivity contribution is 0.254. The molecule has 0 aliphatic carbocycles. The van der Waals surface area contributed by atoms with Gasteiger partial charge in [0.2, 0.25) is 0 Å². The fourth-order valence-corrected chi connectivity index (χ4v) is 2.94. The SMILES string of the molecule is CCCCCCCCCCCCCCCCC=CN(C)CCO. The Hall–Kier alpha value is -0.500. The normalized spacial score (nSPS) is 11.4. The molecule has 1 N–H and O–H groups in total. The second kappa shape index (κ2) is 19.5. The van der Waals surface area contributed by atoms with E-state index in [-0.39, 0.29) is 6.61 Å². The van der Waals surface area contributed by atoms with E-state index in [0.29, 0.717) is 0 Å². The maximum Gasteiger partial charge on any atom is 0.0606 e. The molecular weight excluding hydrogens is 282 g/mol. The predicted octanol–water partition coefficient (Wildman–Crippen LogP) is 6.30. The molecule has 0 heterocycles. The number of likely N-dealkylation sites (N-methyl/N-ethyl adjacent to an activating group) is 1. The predicted molar refractivity (Wildman–Crippen MR) is 104 cm³/mol. The van der Waals surface area contributed by atoms with Gasteiger partial charge in [0.25, 0.3) is 0 Å². The fraction of sp³-hybridized carbons (Fsp3) is 0.905. The van der Waals surface area contributed by atoms with Crippen molar-refractivity contribution in [2.75, 3.05) is 20.2 Å². The maximum absolute atomic E-state index is 8.80. The Labute approximate surface area is 146 Å². The van der Waals surface area contributed by atoms with E-state index >= 15 is 0 Å². The summed E-state index contributed by atoms with van der Waals surface area (Å²) >= 11 is 0. The lowest BCUT2D eigenvalue weighted by atomic mass is 10.0. The number of aliphatic hydroxyl groups excluding tert-OH is 1. The van der Waals surface area contributed by atoms with Crippen LogP contribution in [0.2, 0.25) is 0 Å². The molecule has 0 fully saturated rings. The molecule has 0 radical (unpaired) electrons. The minimum atomic E-state index is 0.236. The summed E-state index contributed by atoms with van der Waals surface area (Å²) < 4.78 is 0. The van der Waals surface area contributed by atoms with Crippen LogP contribution < -0.4 is 0 Å². The summed E-state index contributed by atoms with van der Waals surface area (Å²) in [6.45, 7) is 3.25. The molecule has 2 heteroatoms. The molecule has 0 unspecified atom stereocenters.